The number of anilines is 1. The second-order valence-corrected chi connectivity index (χ2v) is 10.3. The molecule has 0 spiro atoms. The van der Waals surface area contributed by atoms with Crippen LogP contribution >= 0.6 is 15.9 Å². The van der Waals surface area contributed by atoms with Gasteiger partial charge in [0.25, 0.3) is 5.91 Å². The smallest absolute Gasteiger partial charge is 0.255 e. The number of ether oxygens (including phenoxy) is 1. The van der Waals surface area contributed by atoms with Crippen LogP contribution in [0.15, 0.2) is 63.3 Å². The topological polar surface area (TPSA) is 80.7 Å². The number of ketones is 1. The van der Waals surface area contributed by atoms with Crippen molar-refractivity contribution in [1.29, 1.82) is 0 Å². The number of hydrogen-bond donors (Lipinski definition) is 1. The highest BCUT2D eigenvalue weighted by molar-refractivity contribution is 9.10. The van der Waals surface area contributed by atoms with E-state index in [9.17, 15) is 9.59 Å². The number of nitrogens with zero attached hydrogens (tertiary/aromatic N) is 2. The minimum atomic E-state index is -0.446. The number of hydrogen-bond acceptors (Lipinski definition) is 5. The van der Waals surface area contributed by atoms with Crippen LogP contribution in [-0.4, -0.2) is 29.0 Å². The SMILES string of the molecule is CCOc1ccc([C@H]2C(C(=O)Nc3ccc(Br)cn3)=C(C)N=C3CC(C)(C)CC(=O)C32)cc1. The number of carbonyl (C=O) groups excluding carboxylic acids is 2. The third-order valence-electron chi connectivity index (χ3n) is 6.13. The molecule has 1 aliphatic carbocycles. The molecule has 1 fully saturated rings. The largest absolute Gasteiger partial charge is 0.494 e. The molecule has 7 heteroatoms. The zero-order valence-electron chi connectivity index (χ0n) is 19.3. The van der Waals surface area contributed by atoms with Crippen molar-refractivity contribution in [3.8, 4) is 5.75 Å². The Labute approximate surface area is 202 Å². The molecular formula is C26H28BrN3O3. The number of amides is 1. The van der Waals surface area contributed by atoms with Crippen LogP contribution in [0.2, 0.25) is 0 Å². The maximum absolute atomic E-state index is 13.5. The van der Waals surface area contributed by atoms with E-state index in [0.29, 0.717) is 30.1 Å². The summed E-state index contributed by atoms with van der Waals surface area (Å²) in [6, 6.07) is 11.2. The lowest BCUT2D eigenvalue weighted by Crippen LogP contribution is -2.44. The van der Waals surface area contributed by atoms with Gasteiger partial charge < -0.3 is 10.1 Å². The molecule has 1 aromatic carbocycles. The summed E-state index contributed by atoms with van der Waals surface area (Å²) in [5.41, 5.74) is 2.77. The van der Waals surface area contributed by atoms with Crippen molar-refractivity contribution in [3.05, 3.63) is 63.9 Å². The van der Waals surface area contributed by atoms with E-state index in [1.54, 1.807) is 12.3 Å². The quantitative estimate of drug-likeness (QED) is 0.560. The van der Waals surface area contributed by atoms with Crippen LogP contribution in [0.4, 0.5) is 5.82 Å². The van der Waals surface area contributed by atoms with E-state index in [0.717, 1.165) is 27.9 Å². The van der Waals surface area contributed by atoms with E-state index in [1.807, 2.05) is 44.2 Å². The summed E-state index contributed by atoms with van der Waals surface area (Å²) in [4.78, 5) is 35.9. The summed E-state index contributed by atoms with van der Waals surface area (Å²) >= 11 is 3.36. The standard InChI is InChI=1S/C26H28BrN3O3/c1-5-33-18-9-6-16(7-10-18)23-22(25(32)30-21-11-8-17(27)14-28-21)15(2)29-19-12-26(3,4)13-20(31)24(19)23/h6-11,14,23-24H,5,12-13H2,1-4H3,(H,28,30,32)/t23-,24?/m0/s1. The fourth-order valence-electron chi connectivity index (χ4n) is 4.82. The van der Waals surface area contributed by atoms with Gasteiger partial charge >= 0.3 is 0 Å². The normalized spacial score (nSPS) is 21.8. The van der Waals surface area contributed by atoms with Crippen molar-refractivity contribution in [2.45, 2.75) is 46.5 Å². The summed E-state index contributed by atoms with van der Waals surface area (Å²) in [5.74, 6) is 0.184. The predicted molar refractivity (Wildman–Crippen MR) is 133 cm³/mol. The van der Waals surface area contributed by atoms with Gasteiger partial charge in [-0.3, -0.25) is 14.6 Å². The number of halogens is 1. The van der Waals surface area contributed by atoms with Gasteiger partial charge in [0.15, 0.2) is 0 Å². The monoisotopic (exact) mass is 509 g/mol. The van der Waals surface area contributed by atoms with Gasteiger partial charge in [0.2, 0.25) is 0 Å². The molecule has 1 saturated carbocycles. The van der Waals surface area contributed by atoms with E-state index in [4.69, 9.17) is 9.73 Å². The fraction of sp³-hybridized carbons (Fsp3) is 0.385. The van der Waals surface area contributed by atoms with Crippen LogP contribution in [0.25, 0.3) is 0 Å². The molecule has 6 nitrogen and oxygen atoms in total. The Hall–Kier alpha value is -2.80. The average molecular weight is 510 g/mol. The van der Waals surface area contributed by atoms with E-state index >= 15 is 0 Å². The Kier molecular flexibility index (Phi) is 6.52. The molecule has 4 rings (SSSR count). The maximum atomic E-state index is 13.5. The van der Waals surface area contributed by atoms with Crippen LogP contribution in [0, 0.1) is 11.3 Å². The molecule has 172 valence electrons. The highest BCUT2D eigenvalue weighted by atomic mass is 79.9. The number of allylic oxidation sites excluding steroid dienone is 1. The zero-order valence-corrected chi connectivity index (χ0v) is 20.9. The van der Waals surface area contributed by atoms with Crippen molar-refractivity contribution < 1.29 is 14.3 Å². The van der Waals surface area contributed by atoms with Crippen molar-refractivity contribution in [3.63, 3.8) is 0 Å². The van der Waals surface area contributed by atoms with E-state index < -0.39 is 11.8 Å². The summed E-state index contributed by atoms with van der Waals surface area (Å²) in [6.07, 6.45) is 2.83. The third-order valence-corrected chi connectivity index (χ3v) is 6.60. The number of aliphatic imine (C=N–C) groups is 1. The number of Topliss-reactive ketones (excluding diaryl/α,β-unsaturated/α-hetero) is 1. The number of pyridine rings is 1. The lowest BCUT2D eigenvalue weighted by molar-refractivity contribution is -0.124. The zero-order chi connectivity index (χ0) is 23.8. The van der Waals surface area contributed by atoms with E-state index in [-0.39, 0.29) is 17.1 Å². The van der Waals surface area contributed by atoms with Crippen LogP contribution in [0.1, 0.15) is 52.0 Å². The molecule has 1 aliphatic heterocycles. The fourth-order valence-corrected chi connectivity index (χ4v) is 5.06. The molecule has 0 bridgehead atoms. The van der Waals surface area contributed by atoms with Gasteiger partial charge in [-0.15, -0.1) is 0 Å². The third kappa shape index (κ3) is 4.93. The number of fused-ring (bicyclic) bond motifs is 1. The molecular weight excluding hydrogens is 482 g/mol. The lowest BCUT2D eigenvalue weighted by Gasteiger charge is -2.41. The van der Waals surface area contributed by atoms with E-state index in [1.165, 1.54) is 0 Å². The summed E-state index contributed by atoms with van der Waals surface area (Å²) in [6.45, 7) is 8.54. The van der Waals surface area contributed by atoms with Crippen molar-refractivity contribution >= 4 is 39.1 Å². The molecule has 0 saturated heterocycles. The number of nitrogens with one attached hydrogen (secondary N) is 1. The number of benzene rings is 1. The molecule has 1 aromatic heterocycles. The molecule has 33 heavy (non-hydrogen) atoms. The summed E-state index contributed by atoms with van der Waals surface area (Å²) in [7, 11) is 0. The maximum Gasteiger partial charge on any atom is 0.255 e. The highest BCUT2D eigenvalue weighted by Crippen LogP contribution is 2.47. The minimum absolute atomic E-state index is 0.128. The molecule has 2 aliphatic rings. The number of carbonyl (C=O) groups is 2. The van der Waals surface area contributed by atoms with Crippen molar-refractivity contribution in [2.75, 3.05) is 11.9 Å². The molecule has 2 aromatic rings. The first-order valence-electron chi connectivity index (χ1n) is 11.1. The second-order valence-electron chi connectivity index (χ2n) is 9.36. The van der Waals surface area contributed by atoms with Gasteiger partial charge in [-0.05, 0) is 71.4 Å². The number of rotatable bonds is 5. The Bertz CT molecular complexity index is 1130. The summed E-state index contributed by atoms with van der Waals surface area (Å²) < 4.78 is 6.42. The molecule has 1 N–H and O–H groups in total. The first kappa shape index (κ1) is 23.4. The second kappa shape index (κ2) is 9.21. The van der Waals surface area contributed by atoms with Gasteiger partial charge in [-0.2, -0.15) is 0 Å². The van der Waals surface area contributed by atoms with E-state index in [2.05, 4.69) is 40.1 Å². The first-order chi connectivity index (χ1) is 15.7. The van der Waals surface area contributed by atoms with Crippen LogP contribution in [0.5, 0.6) is 5.75 Å². The van der Waals surface area contributed by atoms with Crippen molar-refractivity contribution in [2.24, 2.45) is 16.3 Å². The van der Waals surface area contributed by atoms with Gasteiger partial charge in [0, 0.05) is 40.0 Å². The Morgan fingerprint density at radius 3 is 2.52 bits per heavy atom. The Morgan fingerprint density at radius 1 is 1.15 bits per heavy atom. The van der Waals surface area contributed by atoms with Gasteiger partial charge in [0.1, 0.15) is 17.4 Å². The average Bonchev–Trinajstić information content (AvgIpc) is 2.74. The molecule has 2 atom stereocenters. The molecule has 0 radical (unpaired) electrons. The van der Waals surface area contributed by atoms with Crippen LogP contribution in [-0.2, 0) is 9.59 Å². The predicted octanol–water partition coefficient (Wildman–Crippen LogP) is 5.70. The van der Waals surface area contributed by atoms with Crippen molar-refractivity contribution in [1.82, 2.24) is 4.98 Å². The lowest BCUT2D eigenvalue weighted by atomic mass is 9.63. The van der Waals surface area contributed by atoms with Crippen LogP contribution < -0.4 is 10.1 Å². The molecule has 1 amide bonds. The Morgan fingerprint density at radius 2 is 1.88 bits per heavy atom. The highest BCUT2D eigenvalue weighted by Gasteiger charge is 2.47. The van der Waals surface area contributed by atoms with Gasteiger partial charge in [-0.25, -0.2) is 4.98 Å². The van der Waals surface area contributed by atoms with Crippen LogP contribution in [0.3, 0.4) is 0 Å². The van der Waals surface area contributed by atoms with Gasteiger partial charge in [-0.1, -0.05) is 26.0 Å². The molecule has 2 heterocycles. The number of aromatic nitrogens is 1. The van der Waals surface area contributed by atoms with Gasteiger partial charge in [0.05, 0.1) is 12.5 Å². The Balaban J connectivity index is 1.77. The minimum Gasteiger partial charge on any atom is -0.494 e. The molecule has 1 unspecified atom stereocenters. The summed E-state index contributed by atoms with van der Waals surface area (Å²) in [5, 5.41) is 2.89. The first-order valence-corrected chi connectivity index (χ1v) is 11.9.